The second-order valence-corrected chi connectivity index (χ2v) is 5.01. The van der Waals surface area contributed by atoms with E-state index in [1.165, 1.54) is 0 Å². The van der Waals surface area contributed by atoms with Crippen molar-refractivity contribution in [3.63, 3.8) is 0 Å². The first kappa shape index (κ1) is 18.2. The quantitative estimate of drug-likeness (QED) is 0.369. The van der Waals surface area contributed by atoms with Crippen LogP contribution in [0.3, 0.4) is 0 Å². The smallest absolute Gasteiger partial charge is 0.338 e. The number of hydrogen-bond donors (Lipinski definition) is 0. The van der Waals surface area contributed by atoms with Crippen molar-refractivity contribution in [2.45, 2.75) is 13.8 Å². The van der Waals surface area contributed by atoms with Gasteiger partial charge >= 0.3 is 5.97 Å². The van der Waals surface area contributed by atoms with Crippen LogP contribution in [0.5, 0.6) is 11.5 Å². The number of aldehydes is 1. The number of ether oxygens (including phenoxy) is 2. The summed E-state index contributed by atoms with van der Waals surface area (Å²) in [6, 6.07) is 11.2. The van der Waals surface area contributed by atoms with Crippen LogP contribution in [0.1, 0.15) is 13.8 Å². The summed E-state index contributed by atoms with van der Waals surface area (Å²) < 4.78 is 10.3. The molecule has 0 radical (unpaired) electrons. The van der Waals surface area contributed by atoms with Gasteiger partial charge in [0.25, 0.3) is 0 Å². The average molecular weight is 312 g/mol. The Morgan fingerprint density at radius 1 is 1.00 bits per heavy atom. The number of hydrogen-bond acceptors (Lipinski definition) is 4. The van der Waals surface area contributed by atoms with Gasteiger partial charge in [0.05, 0.1) is 7.11 Å². The van der Waals surface area contributed by atoms with Crippen molar-refractivity contribution in [3.05, 3.63) is 60.7 Å². The van der Waals surface area contributed by atoms with Crippen molar-refractivity contribution in [3.8, 4) is 11.5 Å². The predicted molar refractivity (Wildman–Crippen MR) is 91.8 cm³/mol. The number of fused-ring (bicyclic) bond motifs is 1. The second-order valence-electron chi connectivity index (χ2n) is 5.01. The molecule has 4 heteroatoms. The maximum atomic E-state index is 11.4. The number of esters is 1. The molecular weight excluding hydrogens is 292 g/mol. The molecule has 0 saturated heterocycles. The number of carbonyl (C=O) groups is 2. The first-order chi connectivity index (χ1) is 10.9. The van der Waals surface area contributed by atoms with Gasteiger partial charge < -0.3 is 9.47 Å². The highest BCUT2D eigenvalue weighted by Gasteiger charge is 2.06. The summed E-state index contributed by atoms with van der Waals surface area (Å²) in [7, 11) is 1.63. The Bertz CT molecular complexity index is 744. The minimum Gasteiger partial charge on any atom is -0.497 e. The van der Waals surface area contributed by atoms with Crippen LogP contribution in [0.2, 0.25) is 0 Å². The minimum atomic E-state index is -0.414. The van der Waals surface area contributed by atoms with E-state index in [4.69, 9.17) is 9.47 Å². The molecule has 0 atom stereocenters. The molecule has 0 spiro atoms. The van der Waals surface area contributed by atoms with Crippen molar-refractivity contribution < 1.29 is 19.1 Å². The van der Waals surface area contributed by atoms with Crippen LogP contribution < -0.4 is 9.47 Å². The number of rotatable bonds is 4. The summed E-state index contributed by atoms with van der Waals surface area (Å²) in [6.45, 7) is 10.1. The zero-order valence-electron chi connectivity index (χ0n) is 13.6. The predicted octanol–water partition coefficient (Wildman–Crippen LogP) is 4.09. The van der Waals surface area contributed by atoms with Gasteiger partial charge in [-0.2, -0.15) is 0 Å². The van der Waals surface area contributed by atoms with E-state index in [0.717, 1.165) is 22.8 Å². The van der Waals surface area contributed by atoms with E-state index in [2.05, 4.69) is 13.2 Å². The van der Waals surface area contributed by atoms with Gasteiger partial charge in [-0.15, -0.1) is 0 Å². The zero-order valence-corrected chi connectivity index (χ0v) is 13.6. The first-order valence-corrected chi connectivity index (χ1v) is 6.93. The molecule has 0 saturated carbocycles. The van der Waals surface area contributed by atoms with Gasteiger partial charge in [-0.1, -0.05) is 25.3 Å². The van der Waals surface area contributed by atoms with Gasteiger partial charge in [-0.3, -0.25) is 4.79 Å². The Morgan fingerprint density at radius 3 is 1.91 bits per heavy atom. The molecule has 0 fully saturated rings. The second kappa shape index (κ2) is 8.54. The van der Waals surface area contributed by atoms with E-state index in [9.17, 15) is 9.59 Å². The third kappa shape index (κ3) is 5.79. The average Bonchev–Trinajstić information content (AvgIpc) is 2.54. The van der Waals surface area contributed by atoms with Crippen LogP contribution in [0.15, 0.2) is 60.7 Å². The molecule has 4 nitrogen and oxygen atoms in total. The first-order valence-electron chi connectivity index (χ1n) is 6.93. The van der Waals surface area contributed by atoms with E-state index in [-0.39, 0.29) is 0 Å². The maximum absolute atomic E-state index is 11.4. The molecule has 2 aromatic carbocycles. The Kier molecular flexibility index (Phi) is 6.74. The van der Waals surface area contributed by atoms with Gasteiger partial charge in [-0.05, 0) is 54.5 Å². The molecule has 2 aromatic rings. The Morgan fingerprint density at radius 2 is 1.48 bits per heavy atom. The van der Waals surface area contributed by atoms with Crippen molar-refractivity contribution in [2.24, 2.45) is 0 Å². The lowest BCUT2D eigenvalue weighted by molar-refractivity contribution is -0.130. The van der Waals surface area contributed by atoms with Crippen molar-refractivity contribution in [2.75, 3.05) is 7.11 Å². The van der Waals surface area contributed by atoms with Crippen LogP contribution in [0.25, 0.3) is 10.8 Å². The zero-order chi connectivity index (χ0) is 17.4. The molecule has 0 aliphatic heterocycles. The SMILES string of the molecule is C=C(C)C(=O)Oc1ccc2cc(OC)ccc2c1.C=C(C)C=O. The lowest BCUT2D eigenvalue weighted by Crippen LogP contribution is -2.07. The van der Waals surface area contributed by atoms with E-state index in [0.29, 0.717) is 16.9 Å². The molecule has 23 heavy (non-hydrogen) atoms. The number of carbonyl (C=O) groups excluding carboxylic acids is 2. The Hall–Kier alpha value is -2.88. The molecule has 0 aliphatic rings. The summed E-state index contributed by atoms with van der Waals surface area (Å²) in [5.41, 5.74) is 0.954. The molecule has 0 unspecified atom stereocenters. The lowest BCUT2D eigenvalue weighted by Gasteiger charge is -2.06. The fourth-order valence-corrected chi connectivity index (χ4v) is 1.59. The molecule has 0 aromatic heterocycles. The van der Waals surface area contributed by atoms with Crippen LogP contribution in [-0.4, -0.2) is 19.4 Å². The van der Waals surface area contributed by atoms with Crippen LogP contribution in [-0.2, 0) is 9.59 Å². The largest absolute Gasteiger partial charge is 0.497 e. The molecular formula is C19H20O4. The highest BCUT2D eigenvalue weighted by atomic mass is 16.5. The summed E-state index contributed by atoms with van der Waals surface area (Å²) in [5, 5.41) is 2.02. The Labute approximate surface area is 136 Å². The third-order valence-electron chi connectivity index (χ3n) is 2.78. The van der Waals surface area contributed by atoms with Crippen molar-refractivity contribution in [1.82, 2.24) is 0 Å². The van der Waals surface area contributed by atoms with Crippen molar-refractivity contribution >= 4 is 23.0 Å². The summed E-state index contributed by atoms with van der Waals surface area (Å²) >= 11 is 0. The number of benzene rings is 2. The van der Waals surface area contributed by atoms with Crippen LogP contribution in [0.4, 0.5) is 0 Å². The van der Waals surface area contributed by atoms with Crippen LogP contribution >= 0.6 is 0 Å². The Balaban J connectivity index is 0.000000463. The fraction of sp³-hybridized carbons (Fsp3) is 0.158. The highest BCUT2D eigenvalue weighted by molar-refractivity contribution is 5.90. The summed E-state index contributed by atoms with van der Waals surface area (Å²) in [6.07, 6.45) is 0.722. The summed E-state index contributed by atoms with van der Waals surface area (Å²) in [4.78, 5) is 20.8. The molecule has 0 N–H and O–H groups in total. The van der Waals surface area contributed by atoms with Gasteiger partial charge in [0.1, 0.15) is 17.8 Å². The monoisotopic (exact) mass is 312 g/mol. The van der Waals surface area contributed by atoms with Gasteiger partial charge in [0.15, 0.2) is 0 Å². The fourth-order valence-electron chi connectivity index (χ4n) is 1.59. The number of allylic oxidation sites excluding steroid dienone is 1. The standard InChI is InChI=1S/C15H14O3.C4H6O/c1-10(2)15(16)18-14-7-5-11-8-13(17-3)6-4-12(11)9-14;1-4(2)3-5/h4-9H,1H2,2-3H3;3H,1H2,2H3. The summed E-state index contributed by atoms with van der Waals surface area (Å²) in [5.74, 6) is 0.901. The van der Waals surface area contributed by atoms with Crippen LogP contribution in [0, 0.1) is 0 Å². The lowest BCUT2D eigenvalue weighted by atomic mass is 10.1. The molecule has 0 amide bonds. The van der Waals surface area contributed by atoms with Crippen molar-refractivity contribution in [1.29, 1.82) is 0 Å². The third-order valence-corrected chi connectivity index (χ3v) is 2.78. The molecule has 120 valence electrons. The van der Waals surface area contributed by atoms with E-state index >= 15 is 0 Å². The molecule has 0 bridgehead atoms. The van der Waals surface area contributed by atoms with Gasteiger partial charge in [0.2, 0.25) is 0 Å². The molecule has 0 aliphatic carbocycles. The minimum absolute atomic E-state index is 0.379. The van der Waals surface area contributed by atoms with E-state index < -0.39 is 5.97 Å². The van der Waals surface area contributed by atoms with Gasteiger partial charge in [0, 0.05) is 5.57 Å². The normalized spacial score (nSPS) is 9.35. The van der Waals surface area contributed by atoms with E-state index in [1.807, 2.05) is 30.3 Å². The van der Waals surface area contributed by atoms with E-state index in [1.54, 1.807) is 27.0 Å². The van der Waals surface area contributed by atoms with Gasteiger partial charge in [-0.25, -0.2) is 4.79 Å². The molecule has 2 rings (SSSR count). The highest BCUT2D eigenvalue weighted by Crippen LogP contribution is 2.25. The molecule has 0 heterocycles. The topological polar surface area (TPSA) is 52.6 Å². The number of methoxy groups -OCH3 is 1. The maximum Gasteiger partial charge on any atom is 0.338 e.